The van der Waals surface area contributed by atoms with Crippen LogP contribution in [0.1, 0.15) is 50.5 Å². The molecule has 0 aromatic heterocycles. The molecule has 1 saturated carbocycles. The van der Waals surface area contributed by atoms with Gasteiger partial charge < -0.3 is 9.47 Å². The second kappa shape index (κ2) is 5.44. The van der Waals surface area contributed by atoms with E-state index in [1.54, 1.807) is 0 Å². The summed E-state index contributed by atoms with van der Waals surface area (Å²) in [6.07, 6.45) is 9.48. The Balaban J connectivity index is 1.79. The van der Waals surface area contributed by atoms with E-state index in [1.807, 2.05) is 0 Å². The largest absolute Gasteiger partial charge is 0.410 e. The minimum atomic E-state index is -0.0441. The molecule has 0 bridgehead atoms. The zero-order chi connectivity index (χ0) is 14.3. The summed E-state index contributed by atoms with van der Waals surface area (Å²) in [5.41, 5.74) is 1.38. The van der Waals surface area contributed by atoms with Gasteiger partial charge in [0, 0.05) is 6.04 Å². The van der Waals surface area contributed by atoms with E-state index in [2.05, 4.69) is 42.0 Å². The molecule has 21 heavy (non-hydrogen) atoms. The average Bonchev–Trinajstić information content (AvgIpc) is 3.13. The van der Waals surface area contributed by atoms with Crippen LogP contribution < -0.4 is 0 Å². The first-order valence-corrected chi connectivity index (χ1v) is 8.81. The Morgan fingerprint density at radius 2 is 1.81 bits per heavy atom. The SMILES string of the molecule is CB1OC(c2ccccc2)(C2CCCCC2)[C@@H]2CCCN12. The van der Waals surface area contributed by atoms with Crippen molar-refractivity contribution < 1.29 is 4.65 Å². The third-order valence-corrected chi connectivity index (χ3v) is 6.06. The molecular weight excluding hydrogens is 257 g/mol. The van der Waals surface area contributed by atoms with E-state index in [1.165, 1.54) is 57.1 Å². The summed E-state index contributed by atoms with van der Waals surface area (Å²) in [6.45, 7) is 3.47. The second-order valence-corrected chi connectivity index (χ2v) is 7.11. The molecule has 1 aliphatic carbocycles. The van der Waals surface area contributed by atoms with Crippen molar-refractivity contribution in [3.8, 4) is 0 Å². The van der Waals surface area contributed by atoms with Crippen LogP contribution in [-0.4, -0.2) is 24.4 Å². The van der Waals surface area contributed by atoms with E-state index in [9.17, 15) is 0 Å². The Hall–Kier alpha value is -0.795. The summed E-state index contributed by atoms with van der Waals surface area (Å²) in [4.78, 5) is 2.63. The van der Waals surface area contributed by atoms with Crippen LogP contribution in [0.15, 0.2) is 30.3 Å². The van der Waals surface area contributed by atoms with Crippen LogP contribution in [0.2, 0.25) is 6.82 Å². The molecule has 0 radical (unpaired) electrons. The lowest BCUT2D eigenvalue weighted by Crippen LogP contribution is -2.46. The van der Waals surface area contributed by atoms with Gasteiger partial charge >= 0.3 is 7.05 Å². The minimum absolute atomic E-state index is 0.0441. The van der Waals surface area contributed by atoms with Crippen molar-refractivity contribution in [2.45, 2.75) is 63.4 Å². The molecule has 2 saturated heterocycles. The predicted molar refractivity (Wildman–Crippen MR) is 87.1 cm³/mol. The number of benzene rings is 1. The van der Waals surface area contributed by atoms with Crippen molar-refractivity contribution in [2.24, 2.45) is 5.92 Å². The first kappa shape index (κ1) is 13.8. The lowest BCUT2D eigenvalue weighted by atomic mass is 9.69. The van der Waals surface area contributed by atoms with Crippen molar-refractivity contribution in [3.63, 3.8) is 0 Å². The normalized spacial score (nSPS) is 34.3. The van der Waals surface area contributed by atoms with Gasteiger partial charge in [-0.2, -0.15) is 0 Å². The maximum absolute atomic E-state index is 6.77. The van der Waals surface area contributed by atoms with Crippen LogP contribution in [0.3, 0.4) is 0 Å². The molecule has 2 nitrogen and oxygen atoms in total. The number of rotatable bonds is 2. The highest BCUT2D eigenvalue weighted by molar-refractivity contribution is 6.48. The van der Waals surface area contributed by atoms with Gasteiger partial charge in [0.1, 0.15) is 0 Å². The molecular formula is C18H26BNO. The van der Waals surface area contributed by atoms with E-state index in [0.29, 0.717) is 12.0 Å². The summed E-state index contributed by atoms with van der Waals surface area (Å²) >= 11 is 0. The van der Waals surface area contributed by atoms with Gasteiger partial charge in [0.05, 0.1) is 5.60 Å². The molecule has 0 spiro atoms. The Labute approximate surface area is 129 Å². The lowest BCUT2D eigenvalue weighted by molar-refractivity contribution is -0.0207. The van der Waals surface area contributed by atoms with Gasteiger partial charge in [-0.3, -0.25) is 0 Å². The molecule has 0 N–H and O–H groups in total. The van der Waals surface area contributed by atoms with Crippen molar-refractivity contribution >= 4 is 7.05 Å². The van der Waals surface area contributed by atoms with Crippen LogP contribution in [0.4, 0.5) is 0 Å². The maximum atomic E-state index is 6.77. The molecule has 3 aliphatic rings. The van der Waals surface area contributed by atoms with E-state index >= 15 is 0 Å². The van der Waals surface area contributed by atoms with E-state index in [0.717, 1.165) is 0 Å². The Morgan fingerprint density at radius 3 is 2.57 bits per heavy atom. The number of nitrogens with zero attached hydrogens (tertiary/aromatic N) is 1. The molecule has 1 aromatic rings. The summed E-state index contributed by atoms with van der Waals surface area (Å²) in [5.74, 6) is 0.698. The third-order valence-electron chi connectivity index (χ3n) is 6.06. The van der Waals surface area contributed by atoms with E-state index < -0.39 is 0 Å². The zero-order valence-electron chi connectivity index (χ0n) is 13.1. The van der Waals surface area contributed by atoms with Crippen LogP contribution in [-0.2, 0) is 10.3 Å². The maximum Gasteiger partial charge on any atom is 0.380 e. The van der Waals surface area contributed by atoms with Gasteiger partial charge in [-0.05, 0) is 50.5 Å². The first-order valence-electron chi connectivity index (χ1n) is 8.81. The van der Waals surface area contributed by atoms with E-state index in [4.69, 9.17) is 4.65 Å². The minimum Gasteiger partial charge on any atom is -0.410 e. The summed E-state index contributed by atoms with van der Waals surface area (Å²) in [6, 6.07) is 11.7. The van der Waals surface area contributed by atoms with Crippen LogP contribution >= 0.6 is 0 Å². The summed E-state index contributed by atoms with van der Waals surface area (Å²) < 4.78 is 6.77. The van der Waals surface area contributed by atoms with Gasteiger partial charge in [-0.1, -0.05) is 49.6 Å². The second-order valence-electron chi connectivity index (χ2n) is 7.11. The van der Waals surface area contributed by atoms with E-state index in [-0.39, 0.29) is 12.7 Å². The van der Waals surface area contributed by atoms with Crippen LogP contribution in [0, 0.1) is 5.92 Å². The average molecular weight is 283 g/mol. The fourth-order valence-corrected chi connectivity index (χ4v) is 5.21. The molecule has 112 valence electrons. The molecule has 3 heteroatoms. The fourth-order valence-electron chi connectivity index (χ4n) is 5.21. The van der Waals surface area contributed by atoms with Gasteiger partial charge in [0.25, 0.3) is 0 Å². The molecule has 1 unspecified atom stereocenters. The highest BCUT2D eigenvalue weighted by Gasteiger charge is 2.58. The topological polar surface area (TPSA) is 12.5 Å². The molecule has 2 heterocycles. The van der Waals surface area contributed by atoms with Crippen LogP contribution in [0.25, 0.3) is 0 Å². The smallest absolute Gasteiger partial charge is 0.380 e. The van der Waals surface area contributed by atoms with Gasteiger partial charge in [0.2, 0.25) is 0 Å². The van der Waals surface area contributed by atoms with Gasteiger partial charge in [-0.25, -0.2) is 0 Å². The monoisotopic (exact) mass is 283 g/mol. The van der Waals surface area contributed by atoms with Gasteiger partial charge in [-0.15, -0.1) is 0 Å². The van der Waals surface area contributed by atoms with Gasteiger partial charge in [0.15, 0.2) is 0 Å². The molecule has 2 atom stereocenters. The van der Waals surface area contributed by atoms with Crippen molar-refractivity contribution in [1.29, 1.82) is 0 Å². The highest BCUT2D eigenvalue weighted by atomic mass is 16.5. The third kappa shape index (κ3) is 2.09. The Kier molecular flexibility index (Phi) is 3.59. The molecule has 2 aliphatic heterocycles. The highest BCUT2D eigenvalue weighted by Crippen LogP contribution is 2.52. The first-order chi connectivity index (χ1) is 10.3. The number of hydrogen-bond acceptors (Lipinski definition) is 2. The molecule has 0 amide bonds. The number of fused-ring (bicyclic) bond motifs is 1. The quantitative estimate of drug-likeness (QED) is 0.758. The summed E-state index contributed by atoms with van der Waals surface area (Å²) in [5, 5.41) is 0. The van der Waals surface area contributed by atoms with Crippen LogP contribution in [0.5, 0.6) is 0 Å². The lowest BCUT2D eigenvalue weighted by Gasteiger charge is -2.44. The standard InChI is InChI=1S/C18H26BNO/c1-19-20-14-8-13-17(20)18(21-19,15-9-4-2-5-10-15)16-11-6-3-7-12-16/h2,4-5,9-10,16-17H,3,6-8,11-14H2,1H3/t17-,18?/m0/s1. The van der Waals surface area contributed by atoms with Crippen molar-refractivity contribution in [1.82, 2.24) is 4.81 Å². The summed E-state index contributed by atoms with van der Waals surface area (Å²) in [7, 11) is 0.277. The van der Waals surface area contributed by atoms with Crippen molar-refractivity contribution in [3.05, 3.63) is 35.9 Å². The molecule has 3 fully saturated rings. The zero-order valence-corrected chi connectivity index (χ0v) is 13.1. The molecule has 4 rings (SSSR count). The Morgan fingerprint density at radius 1 is 1.05 bits per heavy atom. The number of hydrogen-bond donors (Lipinski definition) is 0. The van der Waals surface area contributed by atoms with Crippen molar-refractivity contribution in [2.75, 3.05) is 6.54 Å². The molecule has 1 aromatic carbocycles. The Bertz CT molecular complexity index is 487. The predicted octanol–water partition coefficient (Wildman–Crippen LogP) is 4.07. The fraction of sp³-hybridized carbons (Fsp3) is 0.667.